The number of hydrogen-bond donors (Lipinski definition) is 5. The molecule has 1 aliphatic rings. The smallest absolute Gasteiger partial charge is 0.342 e. The van der Waals surface area contributed by atoms with Gasteiger partial charge < -0.3 is 45.2 Å². The highest BCUT2D eigenvalue weighted by atomic mass is 16.6. The zero-order valence-corrected chi connectivity index (χ0v) is 26.5. The van der Waals surface area contributed by atoms with Gasteiger partial charge in [0.1, 0.15) is 36.2 Å². The highest BCUT2D eigenvalue weighted by molar-refractivity contribution is 5.96. The van der Waals surface area contributed by atoms with Crippen LogP contribution >= 0.6 is 0 Å². The minimum atomic E-state index is -1.34. The molecule has 4 aromatic rings. The maximum atomic E-state index is 13.6. The maximum absolute atomic E-state index is 13.6. The molecular formula is C37H41N3O8. The molecule has 1 amide bonds. The van der Waals surface area contributed by atoms with Crippen LogP contribution in [0.5, 0.6) is 5.75 Å². The number of nitrogens with one attached hydrogen (secondary N) is 2. The number of phenolic OH excluding ortho intramolecular Hbond substituents is 1. The second-order valence-corrected chi connectivity index (χ2v) is 11.3. The summed E-state index contributed by atoms with van der Waals surface area (Å²) >= 11 is 0. The Morgan fingerprint density at radius 2 is 1.83 bits per heavy atom. The number of aromatic amines is 1. The fourth-order valence-electron chi connectivity index (χ4n) is 5.53. The Labute approximate surface area is 279 Å². The van der Waals surface area contributed by atoms with Gasteiger partial charge in [0, 0.05) is 23.6 Å². The summed E-state index contributed by atoms with van der Waals surface area (Å²) in [5.74, 6) is -1.46. The molecular weight excluding hydrogens is 614 g/mol. The summed E-state index contributed by atoms with van der Waals surface area (Å²) in [4.78, 5) is 30.2. The summed E-state index contributed by atoms with van der Waals surface area (Å²) in [6.07, 6.45) is 5.16. The molecule has 1 aliphatic heterocycles. The number of H-pyrrole nitrogens is 1. The van der Waals surface area contributed by atoms with E-state index in [2.05, 4.69) is 10.3 Å². The molecule has 48 heavy (non-hydrogen) atoms. The van der Waals surface area contributed by atoms with Crippen LogP contribution in [-0.4, -0.2) is 84.4 Å². The van der Waals surface area contributed by atoms with Crippen molar-refractivity contribution in [2.75, 3.05) is 33.0 Å². The molecule has 0 radical (unpaired) electrons. The Morgan fingerprint density at radius 3 is 2.67 bits per heavy atom. The van der Waals surface area contributed by atoms with Gasteiger partial charge in [0.15, 0.2) is 0 Å². The van der Waals surface area contributed by atoms with E-state index < -0.39 is 30.3 Å². The van der Waals surface area contributed by atoms with Crippen LogP contribution in [0.2, 0.25) is 0 Å². The van der Waals surface area contributed by atoms with Crippen molar-refractivity contribution in [1.29, 1.82) is 0 Å². The lowest BCUT2D eigenvalue weighted by atomic mass is 10.00. The van der Waals surface area contributed by atoms with E-state index in [0.29, 0.717) is 5.56 Å². The molecule has 6 N–H and O–H groups in total. The molecule has 4 atom stereocenters. The van der Waals surface area contributed by atoms with Crippen LogP contribution in [0.1, 0.15) is 27.0 Å². The number of esters is 1. The predicted octanol–water partition coefficient (Wildman–Crippen LogP) is 3.65. The number of nitrogens with two attached hydrogens (primary N) is 1. The molecule has 11 heteroatoms. The van der Waals surface area contributed by atoms with Gasteiger partial charge in [-0.05, 0) is 28.8 Å². The molecule has 1 aromatic heterocycles. The largest absolute Gasteiger partial charge is 0.507 e. The third-order valence-electron chi connectivity index (χ3n) is 7.95. The summed E-state index contributed by atoms with van der Waals surface area (Å²) in [5, 5.41) is 26.3. The van der Waals surface area contributed by atoms with Crippen molar-refractivity contribution in [3.8, 4) is 5.75 Å². The number of aliphatic hydroxyl groups is 1. The van der Waals surface area contributed by atoms with Gasteiger partial charge in [-0.3, -0.25) is 4.79 Å². The summed E-state index contributed by atoms with van der Waals surface area (Å²) < 4.78 is 24.0. The minimum absolute atomic E-state index is 0.00974. The Morgan fingerprint density at radius 1 is 1.02 bits per heavy atom. The van der Waals surface area contributed by atoms with E-state index in [1.54, 1.807) is 42.6 Å². The summed E-state index contributed by atoms with van der Waals surface area (Å²) in [5.41, 5.74) is 8.57. The van der Waals surface area contributed by atoms with Crippen LogP contribution in [0.25, 0.3) is 17.0 Å². The third kappa shape index (κ3) is 9.18. The number of phenols is 1. The number of hydrogen-bond acceptors (Lipinski definition) is 9. The predicted molar refractivity (Wildman–Crippen MR) is 181 cm³/mol. The molecule has 0 fully saturated rings. The van der Waals surface area contributed by atoms with Gasteiger partial charge in [-0.2, -0.15) is 0 Å². The van der Waals surface area contributed by atoms with E-state index in [4.69, 9.17) is 24.7 Å². The average Bonchev–Trinajstić information content (AvgIpc) is 3.50. The number of aliphatic hydroxyl groups excluding tert-OH is 1. The van der Waals surface area contributed by atoms with Gasteiger partial charge in [-0.25, -0.2) is 4.79 Å². The number of carbonyl (C=O) groups excluding carboxylic acids is 2. The first-order chi connectivity index (χ1) is 23.4. The van der Waals surface area contributed by atoms with Crippen LogP contribution in [0.3, 0.4) is 0 Å². The zero-order valence-electron chi connectivity index (χ0n) is 26.5. The zero-order chi connectivity index (χ0) is 33.7. The monoisotopic (exact) mass is 655 g/mol. The van der Waals surface area contributed by atoms with Crippen molar-refractivity contribution in [2.45, 2.75) is 37.4 Å². The minimum Gasteiger partial charge on any atom is -0.507 e. The number of amides is 1. The van der Waals surface area contributed by atoms with Crippen molar-refractivity contribution in [3.05, 3.63) is 119 Å². The van der Waals surface area contributed by atoms with Crippen molar-refractivity contribution in [3.63, 3.8) is 0 Å². The summed E-state index contributed by atoms with van der Waals surface area (Å²) in [6, 6.07) is 20.8. The normalized spacial score (nSPS) is 20.7. The first kappa shape index (κ1) is 34.6. The van der Waals surface area contributed by atoms with E-state index in [9.17, 15) is 19.8 Å². The van der Waals surface area contributed by atoms with Gasteiger partial charge in [0.2, 0.25) is 5.91 Å². The third-order valence-corrected chi connectivity index (χ3v) is 7.95. The molecule has 3 aromatic carbocycles. The van der Waals surface area contributed by atoms with Gasteiger partial charge in [0.05, 0.1) is 38.9 Å². The van der Waals surface area contributed by atoms with Gasteiger partial charge in [0.25, 0.3) is 0 Å². The van der Waals surface area contributed by atoms with Gasteiger partial charge >= 0.3 is 5.97 Å². The van der Waals surface area contributed by atoms with E-state index >= 15 is 0 Å². The number of aromatic hydroxyl groups is 1. The summed E-state index contributed by atoms with van der Waals surface area (Å²) in [6.45, 7) is 0.231. The first-order valence-electron chi connectivity index (χ1n) is 15.8. The molecule has 11 nitrogen and oxygen atoms in total. The number of benzene rings is 3. The summed E-state index contributed by atoms with van der Waals surface area (Å²) in [7, 11) is 0. The average molecular weight is 656 g/mol. The van der Waals surface area contributed by atoms with E-state index in [1.165, 1.54) is 6.07 Å². The van der Waals surface area contributed by atoms with Crippen LogP contribution in [0.15, 0.2) is 97.2 Å². The van der Waals surface area contributed by atoms with E-state index in [0.717, 1.165) is 22.0 Å². The fourth-order valence-corrected chi connectivity index (χ4v) is 5.53. The fraction of sp³-hybridized carbons (Fsp3) is 0.297. The first-order valence-corrected chi connectivity index (χ1v) is 15.8. The number of para-hydroxylation sites is 1. The van der Waals surface area contributed by atoms with Crippen LogP contribution < -0.4 is 11.1 Å². The Hall–Kier alpha value is -4.78. The van der Waals surface area contributed by atoms with Crippen molar-refractivity contribution in [2.24, 2.45) is 5.73 Å². The lowest BCUT2D eigenvalue weighted by molar-refractivity contribution is -0.146. The quantitative estimate of drug-likeness (QED) is 0.127. The maximum Gasteiger partial charge on any atom is 0.342 e. The SMILES string of the molecule is NCC=CCOC1C(NC(=O)Cc2c[nH]c3ccccc23)COC(=O)c2c(O)cccc2C=CCOCC(OCc2ccccc2)C1O. The highest BCUT2D eigenvalue weighted by Crippen LogP contribution is 2.25. The van der Waals surface area contributed by atoms with Crippen molar-refractivity contribution >= 4 is 28.9 Å². The highest BCUT2D eigenvalue weighted by Gasteiger charge is 2.37. The number of cyclic esters (lactones) is 1. The molecule has 2 heterocycles. The Kier molecular flexibility index (Phi) is 12.5. The van der Waals surface area contributed by atoms with Crippen LogP contribution in [-0.2, 0) is 36.8 Å². The molecule has 0 aliphatic carbocycles. The lowest BCUT2D eigenvalue weighted by Gasteiger charge is -2.35. The molecule has 0 bridgehead atoms. The lowest BCUT2D eigenvalue weighted by Crippen LogP contribution is -2.56. The molecule has 4 unspecified atom stereocenters. The molecule has 0 saturated carbocycles. The standard InChI is InChI=1S/C37H41N3O8/c38-17-6-7-19-46-36-30(40-33(42)20-27-21-39-29-15-5-4-14-28(27)29)23-48-37(44)34-26(12-8-16-31(34)41)13-9-18-45-24-32(35(36)43)47-22-25-10-2-1-3-11-25/h1-16,21,30,32,35-36,39,41,43H,17-20,22-24,38H2,(H,40,42). The van der Waals surface area contributed by atoms with Crippen LogP contribution in [0, 0.1) is 0 Å². The molecule has 0 spiro atoms. The van der Waals surface area contributed by atoms with Crippen molar-refractivity contribution < 1.29 is 38.7 Å². The second-order valence-electron chi connectivity index (χ2n) is 11.3. The number of rotatable bonds is 10. The van der Waals surface area contributed by atoms with E-state index in [-0.39, 0.29) is 63.2 Å². The second kappa shape index (κ2) is 17.4. The van der Waals surface area contributed by atoms with E-state index in [1.807, 2.05) is 54.6 Å². The Balaban J connectivity index is 1.47. The topological polar surface area (TPSA) is 165 Å². The van der Waals surface area contributed by atoms with Crippen molar-refractivity contribution in [1.82, 2.24) is 10.3 Å². The Bertz CT molecular complexity index is 1700. The van der Waals surface area contributed by atoms with Gasteiger partial charge in [-0.1, -0.05) is 85.0 Å². The number of fused-ring (bicyclic) bond motifs is 2. The molecule has 0 saturated heterocycles. The van der Waals surface area contributed by atoms with Crippen LogP contribution in [0.4, 0.5) is 0 Å². The van der Waals surface area contributed by atoms with Gasteiger partial charge in [-0.15, -0.1) is 0 Å². The molecule has 252 valence electrons. The number of carbonyl (C=O) groups is 2. The molecule has 5 rings (SSSR count). The number of aromatic nitrogens is 1. The number of ether oxygens (including phenoxy) is 4.